The van der Waals surface area contributed by atoms with Gasteiger partial charge in [0, 0.05) is 12.7 Å². The van der Waals surface area contributed by atoms with Crippen molar-refractivity contribution in [1.29, 1.82) is 0 Å². The van der Waals surface area contributed by atoms with Gasteiger partial charge in [0.05, 0.1) is 11.7 Å². The van der Waals surface area contributed by atoms with E-state index in [0.717, 1.165) is 25.2 Å². The van der Waals surface area contributed by atoms with Gasteiger partial charge in [-0.15, -0.1) is 0 Å². The predicted molar refractivity (Wildman–Crippen MR) is 77.3 cm³/mol. The molecule has 1 unspecified atom stereocenters. The molecule has 2 N–H and O–H groups in total. The summed E-state index contributed by atoms with van der Waals surface area (Å²) in [5.74, 6) is 0.345. The molecule has 1 aromatic rings. The lowest BCUT2D eigenvalue weighted by atomic mass is 9.96. The van der Waals surface area contributed by atoms with Crippen molar-refractivity contribution in [2.24, 2.45) is 5.92 Å². The van der Waals surface area contributed by atoms with Crippen LogP contribution in [0.15, 0.2) is 24.4 Å². The topological polar surface area (TPSA) is 63.2 Å². The molecule has 0 aliphatic carbocycles. The van der Waals surface area contributed by atoms with Crippen molar-refractivity contribution in [3.8, 4) is 0 Å². The highest BCUT2D eigenvalue weighted by Gasteiger charge is 2.30. The molecule has 1 amide bonds. The number of amides is 1. The Kier molecular flexibility index (Phi) is 4.60. The van der Waals surface area contributed by atoms with Crippen LogP contribution in [0.25, 0.3) is 0 Å². The number of hydrogen-bond donors (Lipinski definition) is 2. The fraction of sp³-hybridized carbons (Fsp3) is 0.600. The van der Waals surface area contributed by atoms with E-state index in [-0.39, 0.29) is 12.1 Å². The maximum Gasteiger partial charge on any atom is 0.408 e. The van der Waals surface area contributed by atoms with Gasteiger partial charge in [-0.05, 0) is 51.8 Å². The summed E-state index contributed by atoms with van der Waals surface area (Å²) in [5.41, 5.74) is 0.388. The van der Waals surface area contributed by atoms with Crippen molar-refractivity contribution in [3.05, 3.63) is 30.1 Å². The van der Waals surface area contributed by atoms with E-state index in [1.165, 1.54) is 0 Å². The van der Waals surface area contributed by atoms with Crippen LogP contribution in [0.2, 0.25) is 0 Å². The molecule has 0 saturated carbocycles. The molecule has 1 fully saturated rings. The number of carbonyl (C=O) groups is 1. The van der Waals surface area contributed by atoms with Crippen molar-refractivity contribution < 1.29 is 9.53 Å². The molecular weight excluding hydrogens is 254 g/mol. The number of aromatic nitrogens is 1. The number of carbonyl (C=O) groups excluding carboxylic acids is 1. The van der Waals surface area contributed by atoms with E-state index in [9.17, 15) is 4.79 Å². The third kappa shape index (κ3) is 4.20. The summed E-state index contributed by atoms with van der Waals surface area (Å²) in [6.07, 6.45) is 2.39. The SMILES string of the molecule is CC(C)(C)OC(=O)N[C@@H](c1ccccn1)C1CCNC1. The second-order valence-electron chi connectivity index (χ2n) is 6.13. The van der Waals surface area contributed by atoms with Gasteiger partial charge in [-0.3, -0.25) is 4.98 Å². The molecule has 1 saturated heterocycles. The molecule has 2 atom stereocenters. The van der Waals surface area contributed by atoms with Gasteiger partial charge in [0.15, 0.2) is 0 Å². The molecule has 1 aliphatic rings. The molecule has 0 spiro atoms. The first kappa shape index (κ1) is 14.8. The predicted octanol–water partition coefficient (Wildman–Crippen LogP) is 2.26. The Morgan fingerprint density at radius 3 is 2.85 bits per heavy atom. The maximum absolute atomic E-state index is 12.0. The number of rotatable bonds is 3. The zero-order valence-corrected chi connectivity index (χ0v) is 12.3. The monoisotopic (exact) mass is 277 g/mol. The van der Waals surface area contributed by atoms with E-state index in [0.29, 0.717) is 5.92 Å². The largest absolute Gasteiger partial charge is 0.444 e. The van der Waals surface area contributed by atoms with E-state index < -0.39 is 5.60 Å². The summed E-state index contributed by atoms with van der Waals surface area (Å²) in [6.45, 7) is 7.44. The summed E-state index contributed by atoms with van der Waals surface area (Å²) >= 11 is 0. The lowest BCUT2D eigenvalue weighted by Crippen LogP contribution is -2.38. The Morgan fingerprint density at radius 1 is 1.50 bits per heavy atom. The number of nitrogens with zero attached hydrogens (tertiary/aromatic N) is 1. The van der Waals surface area contributed by atoms with Gasteiger partial charge in [0.25, 0.3) is 0 Å². The van der Waals surface area contributed by atoms with Crippen LogP contribution in [0, 0.1) is 5.92 Å². The summed E-state index contributed by atoms with van der Waals surface area (Å²) in [7, 11) is 0. The van der Waals surface area contributed by atoms with E-state index >= 15 is 0 Å². The number of nitrogens with one attached hydrogen (secondary N) is 2. The summed E-state index contributed by atoms with van der Waals surface area (Å²) < 4.78 is 5.35. The van der Waals surface area contributed by atoms with Gasteiger partial charge in [-0.1, -0.05) is 6.07 Å². The van der Waals surface area contributed by atoms with E-state index in [2.05, 4.69) is 15.6 Å². The average Bonchev–Trinajstić information content (AvgIpc) is 2.88. The summed E-state index contributed by atoms with van der Waals surface area (Å²) in [6, 6.07) is 5.65. The number of ether oxygens (including phenoxy) is 1. The van der Waals surface area contributed by atoms with Gasteiger partial charge in [-0.2, -0.15) is 0 Å². The van der Waals surface area contributed by atoms with Gasteiger partial charge >= 0.3 is 6.09 Å². The maximum atomic E-state index is 12.0. The Morgan fingerprint density at radius 2 is 2.30 bits per heavy atom. The van der Waals surface area contributed by atoms with Crippen molar-refractivity contribution in [2.75, 3.05) is 13.1 Å². The smallest absolute Gasteiger partial charge is 0.408 e. The van der Waals surface area contributed by atoms with Crippen molar-refractivity contribution >= 4 is 6.09 Å². The van der Waals surface area contributed by atoms with E-state index in [4.69, 9.17) is 4.74 Å². The third-order valence-electron chi connectivity index (χ3n) is 3.25. The fourth-order valence-electron chi connectivity index (χ4n) is 2.39. The van der Waals surface area contributed by atoms with Crippen LogP contribution >= 0.6 is 0 Å². The number of alkyl carbamates (subject to hydrolysis) is 1. The summed E-state index contributed by atoms with van der Waals surface area (Å²) in [5, 5.41) is 6.29. The first-order valence-electron chi connectivity index (χ1n) is 7.07. The van der Waals surface area contributed by atoms with Crippen LogP contribution in [0.1, 0.15) is 38.9 Å². The first-order valence-corrected chi connectivity index (χ1v) is 7.07. The number of hydrogen-bond acceptors (Lipinski definition) is 4. The molecular formula is C15H23N3O2. The van der Waals surface area contributed by atoms with Crippen molar-refractivity contribution in [3.63, 3.8) is 0 Å². The van der Waals surface area contributed by atoms with Gasteiger partial charge in [0.1, 0.15) is 5.60 Å². The highest BCUT2D eigenvalue weighted by atomic mass is 16.6. The van der Waals surface area contributed by atoms with Crippen LogP contribution in [0.3, 0.4) is 0 Å². The van der Waals surface area contributed by atoms with Crippen LogP contribution in [-0.4, -0.2) is 29.8 Å². The summed E-state index contributed by atoms with van der Waals surface area (Å²) in [4.78, 5) is 16.4. The quantitative estimate of drug-likeness (QED) is 0.889. The second-order valence-corrected chi connectivity index (χ2v) is 6.13. The minimum absolute atomic E-state index is 0.110. The molecule has 5 heteroatoms. The zero-order valence-electron chi connectivity index (χ0n) is 12.3. The van der Waals surface area contributed by atoms with E-state index in [1.807, 2.05) is 39.0 Å². The van der Waals surface area contributed by atoms with Crippen LogP contribution in [0.5, 0.6) is 0 Å². The Bertz CT molecular complexity index is 436. The van der Waals surface area contributed by atoms with Gasteiger partial charge in [0.2, 0.25) is 0 Å². The highest BCUT2D eigenvalue weighted by Crippen LogP contribution is 2.25. The standard InChI is InChI=1S/C15H23N3O2/c1-15(2,3)20-14(19)18-13(11-7-9-16-10-11)12-6-4-5-8-17-12/h4-6,8,11,13,16H,7,9-10H2,1-3H3,(H,18,19)/t11?,13-/m1/s1. The molecule has 0 aromatic carbocycles. The first-order chi connectivity index (χ1) is 9.46. The molecule has 110 valence electrons. The lowest BCUT2D eigenvalue weighted by molar-refractivity contribution is 0.0486. The van der Waals surface area contributed by atoms with E-state index in [1.54, 1.807) is 6.20 Å². The minimum atomic E-state index is -0.493. The fourth-order valence-corrected chi connectivity index (χ4v) is 2.39. The molecule has 0 bridgehead atoms. The molecule has 1 aromatic heterocycles. The minimum Gasteiger partial charge on any atom is -0.444 e. The Hall–Kier alpha value is -1.62. The highest BCUT2D eigenvalue weighted by molar-refractivity contribution is 5.68. The van der Waals surface area contributed by atoms with Crippen LogP contribution in [0.4, 0.5) is 4.79 Å². The van der Waals surface area contributed by atoms with Crippen molar-refractivity contribution in [2.45, 2.75) is 38.8 Å². The molecule has 20 heavy (non-hydrogen) atoms. The molecule has 2 heterocycles. The zero-order chi connectivity index (χ0) is 14.6. The molecule has 2 rings (SSSR count). The van der Waals surface area contributed by atoms with Gasteiger partial charge < -0.3 is 15.4 Å². The third-order valence-corrected chi connectivity index (χ3v) is 3.25. The Balaban J connectivity index is 2.09. The van der Waals surface area contributed by atoms with Crippen LogP contribution < -0.4 is 10.6 Å². The normalized spacial score (nSPS) is 20.4. The Labute approximate surface area is 120 Å². The molecule has 0 radical (unpaired) electrons. The number of pyridine rings is 1. The van der Waals surface area contributed by atoms with Gasteiger partial charge in [-0.25, -0.2) is 4.79 Å². The lowest BCUT2D eigenvalue weighted by Gasteiger charge is -2.26. The molecule has 1 aliphatic heterocycles. The molecule has 5 nitrogen and oxygen atoms in total. The average molecular weight is 277 g/mol. The second kappa shape index (κ2) is 6.22. The van der Waals surface area contributed by atoms with Crippen LogP contribution in [-0.2, 0) is 4.74 Å². The van der Waals surface area contributed by atoms with Crippen molar-refractivity contribution in [1.82, 2.24) is 15.6 Å².